The van der Waals surface area contributed by atoms with Crippen LogP contribution in [0.5, 0.6) is 0 Å². The Kier molecular flexibility index (Phi) is 6.79. The highest BCUT2D eigenvalue weighted by molar-refractivity contribution is 5.90. The van der Waals surface area contributed by atoms with Crippen molar-refractivity contribution in [3.63, 3.8) is 0 Å². The van der Waals surface area contributed by atoms with Crippen molar-refractivity contribution in [2.45, 2.75) is 32.6 Å². The molecule has 1 heterocycles. The summed E-state index contributed by atoms with van der Waals surface area (Å²) in [6, 6.07) is 3.72. The van der Waals surface area contributed by atoms with Crippen LogP contribution >= 0.6 is 0 Å². The van der Waals surface area contributed by atoms with Crippen molar-refractivity contribution in [1.82, 2.24) is 4.98 Å². The minimum absolute atomic E-state index is 0.0195. The van der Waals surface area contributed by atoms with Crippen molar-refractivity contribution in [1.29, 1.82) is 0 Å². The Bertz CT molecular complexity index is 351. The fraction of sp³-hybridized carbons (Fsp3) is 0.538. The van der Waals surface area contributed by atoms with Gasteiger partial charge in [-0.1, -0.05) is 13.3 Å². The summed E-state index contributed by atoms with van der Waals surface area (Å²) in [6.07, 6.45) is 5.10. The Morgan fingerprint density at radius 1 is 1.39 bits per heavy atom. The van der Waals surface area contributed by atoms with E-state index in [4.69, 9.17) is 5.73 Å². The quantitative estimate of drug-likeness (QED) is 0.616. The Hall–Kier alpha value is -1.62. The van der Waals surface area contributed by atoms with E-state index in [9.17, 15) is 4.79 Å². The van der Waals surface area contributed by atoms with E-state index in [2.05, 4.69) is 22.5 Å². The third kappa shape index (κ3) is 5.63. The normalized spacial score (nSPS) is 10.1. The molecule has 0 bridgehead atoms. The Balaban J connectivity index is 2.37. The number of pyridine rings is 1. The SMILES string of the molecule is CCCCNc1ccc(NC(=O)CCCN)cn1. The van der Waals surface area contributed by atoms with Gasteiger partial charge >= 0.3 is 0 Å². The van der Waals surface area contributed by atoms with Gasteiger partial charge in [0.1, 0.15) is 5.82 Å². The van der Waals surface area contributed by atoms with Crippen molar-refractivity contribution in [2.24, 2.45) is 5.73 Å². The van der Waals surface area contributed by atoms with Gasteiger partial charge in [0.05, 0.1) is 11.9 Å². The smallest absolute Gasteiger partial charge is 0.224 e. The second kappa shape index (κ2) is 8.47. The first-order valence-corrected chi connectivity index (χ1v) is 6.46. The maximum absolute atomic E-state index is 11.5. The molecule has 5 nitrogen and oxygen atoms in total. The van der Waals surface area contributed by atoms with Gasteiger partial charge in [-0.3, -0.25) is 4.79 Å². The number of unbranched alkanes of at least 4 members (excludes halogenated alkanes) is 1. The number of nitrogens with two attached hydrogens (primary N) is 1. The van der Waals surface area contributed by atoms with Crippen LogP contribution in [0.15, 0.2) is 18.3 Å². The highest BCUT2D eigenvalue weighted by atomic mass is 16.1. The van der Waals surface area contributed by atoms with Crippen LogP contribution in [0.4, 0.5) is 11.5 Å². The van der Waals surface area contributed by atoms with Crippen LogP contribution in [-0.4, -0.2) is 24.0 Å². The zero-order valence-corrected chi connectivity index (χ0v) is 10.9. The number of nitrogens with zero attached hydrogens (tertiary/aromatic N) is 1. The lowest BCUT2D eigenvalue weighted by atomic mass is 10.3. The van der Waals surface area contributed by atoms with E-state index in [0.717, 1.165) is 30.9 Å². The zero-order chi connectivity index (χ0) is 13.2. The minimum Gasteiger partial charge on any atom is -0.370 e. The van der Waals surface area contributed by atoms with Crippen molar-refractivity contribution in [2.75, 3.05) is 23.7 Å². The predicted octanol–water partition coefficient (Wildman–Crippen LogP) is 1.97. The van der Waals surface area contributed by atoms with Gasteiger partial charge in [0, 0.05) is 13.0 Å². The molecular weight excluding hydrogens is 228 g/mol. The van der Waals surface area contributed by atoms with Crippen molar-refractivity contribution in [3.8, 4) is 0 Å². The topological polar surface area (TPSA) is 80.0 Å². The maximum atomic E-state index is 11.5. The molecule has 0 spiro atoms. The van der Waals surface area contributed by atoms with Gasteiger partial charge in [0.25, 0.3) is 0 Å². The number of hydrogen-bond donors (Lipinski definition) is 3. The summed E-state index contributed by atoms with van der Waals surface area (Å²) in [5.41, 5.74) is 6.07. The summed E-state index contributed by atoms with van der Waals surface area (Å²) in [4.78, 5) is 15.7. The van der Waals surface area contributed by atoms with E-state index in [1.54, 1.807) is 6.20 Å². The molecule has 5 heteroatoms. The second-order valence-corrected chi connectivity index (χ2v) is 4.15. The number of carbonyl (C=O) groups excluding carboxylic acids is 1. The van der Waals surface area contributed by atoms with Gasteiger partial charge in [-0.25, -0.2) is 4.98 Å². The van der Waals surface area contributed by atoms with Crippen LogP contribution < -0.4 is 16.4 Å². The van der Waals surface area contributed by atoms with E-state index in [1.165, 1.54) is 0 Å². The number of rotatable bonds is 8. The fourth-order valence-electron chi connectivity index (χ4n) is 1.45. The lowest BCUT2D eigenvalue weighted by Crippen LogP contribution is -2.13. The average molecular weight is 250 g/mol. The van der Waals surface area contributed by atoms with Crippen LogP contribution in [0.1, 0.15) is 32.6 Å². The van der Waals surface area contributed by atoms with Gasteiger partial charge in [-0.15, -0.1) is 0 Å². The van der Waals surface area contributed by atoms with E-state index in [-0.39, 0.29) is 5.91 Å². The second-order valence-electron chi connectivity index (χ2n) is 4.15. The Morgan fingerprint density at radius 3 is 2.83 bits per heavy atom. The summed E-state index contributed by atoms with van der Waals surface area (Å²) in [7, 11) is 0. The first-order chi connectivity index (χ1) is 8.76. The largest absolute Gasteiger partial charge is 0.370 e. The third-order valence-corrected chi connectivity index (χ3v) is 2.49. The van der Waals surface area contributed by atoms with Crippen LogP contribution in [-0.2, 0) is 4.79 Å². The maximum Gasteiger partial charge on any atom is 0.224 e. The molecular formula is C13H22N4O. The number of nitrogens with one attached hydrogen (secondary N) is 2. The molecule has 0 saturated carbocycles. The molecule has 100 valence electrons. The van der Waals surface area contributed by atoms with E-state index in [0.29, 0.717) is 19.4 Å². The molecule has 0 aliphatic heterocycles. The molecule has 0 atom stereocenters. The number of aromatic nitrogens is 1. The number of anilines is 2. The molecule has 0 aliphatic rings. The summed E-state index contributed by atoms with van der Waals surface area (Å²) < 4.78 is 0. The summed E-state index contributed by atoms with van der Waals surface area (Å²) in [5.74, 6) is 0.817. The van der Waals surface area contributed by atoms with E-state index in [1.807, 2.05) is 12.1 Å². The average Bonchev–Trinajstić information content (AvgIpc) is 2.39. The Labute approximate surface area is 108 Å². The molecule has 0 aromatic carbocycles. The van der Waals surface area contributed by atoms with Gasteiger partial charge < -0.3 is 16.4 Å². The summed E-state index contributed by atoms with van der Waals surface area (Å²) in [5, 5.41) is 6.01. The lowest BCUT2D eigenvalue weighted by molar-refractivity contribution is -0.116. The van der Waals surface area contributed by atoms with Crippen LogP contribution in [0, 0.1) is 0 Å². The molecule has 0 fully saturated rings. The predicted molar refractivity (Wildman–Crippen MR) is 74.6 cm³/mol. The van der Waals surface area contributed by atoms with Gasteiger partial charge in [-0.05, 0) is 31.5 Å². The Morgan fingerprint density at radius 2 is 2.22 bits per heavy atom. The van der Waals surface area contributed by atoms with Gasteiger partial charge in [-0.2, -0.15) is 0 Å². The number of amides is 1. The van der Waals surface area contributed by atoms with Gasteiger partial charge in [0.2, 0.25) is 5.91 Å². The number of hydrogen-bond acceptors (Lipinski definition) is 4. The van der Waals surface area contributed by atoms with Crippen LogP contribution in [0.3, 0.4) is 0 Å². The standard InChI is InChI=1S/C13H22N4O/c1-2-3-9-15-12-7-6-11(10-16-12)17-13(18)5-4-8-14/h6-7,10H,2-5,8-9,14H2,1H3,(H,15,16)(H,17,18). The molecule has 0 radical (unpaired) electrons. The van der Waals surface area contributed by atoms with Gasteiger partial charge in [0.15, 0.2) is 0 Å². The molecule has 4 N–H and O–H groups in total. The lowest BCUT2D eigenvalue weighted by Gasteiger charge is -2.07. The van der Waals surface area contributed by atoms with Crippen molar-refractivity contribution < 1.29 is 4.79 Å². The zero-order valence-electron chi connectivity index (χ0n) is 10.9. The summed E-state index contributed by atoms with van der Waals surface area (Å²) in [6.45, 7) is 3.60. The van der Waals surface area contributed by atoms with Crippen LogP contribution in [0.25, 0.3) is 0 Å². The highest BCUT2D eigenvalue weighted by Crippen LogP contribution is 2.10. The first-order valence-electron chi connectivity index (χ1n) is 6.46. The highest BCUT2D eigenvalue weighted by Gasteiger charge is 2.01. The first kappa shape index (κ1) is 14.4. The summed E-state index contributed by atoms with van der Waals surface area (Å²) >= 11 is 0. The minimum atomic E-state index is -0.0195. The van der Waals surface area contributed by atoms with Crippen molar-refractivity contribution in [3.05, 3.63) is 18.3 Å². The van der Waals surface area contributed by atoms with E-state index < -0.39 is 0 Å². The molecule has 0 aliphatic carbocycles. The van der Waals surface area contributed by atoms with E-state index >= 15 is 0 Å². The van der Waals surface area contributed by atoms with Crippen molar-refractivity contribution >= 4 is 17.4 Å². The molecule has 1 aromatic heterocycles. The molecule has 1 aromatic rings. The van der Waals surface area contributed by atoms with Crippen LogP contribution in [0.2, 0.25) is 0 Å². The molecule has 0 unspecified atom stereocenters. The monoisotopic (exact) mass is 250 g/mol. The third-order valence-electron chi connectivity index (χ3n) is 2.49. The molecule has 18 heavy (non-hydrogen) atoms. The fourth-order valence-corrected chi connectivity index (χ4v) is 1.45. The molecule has 0 saturated heterocycles. The molecule has 1 rings (SSSR count). The molecule has 1 amide bonds. The number of carbonyl (C=O) groups is 1.